The van der Waals surface area contributed by atoms with Gasteiger partial charge in [0.25, 0.3) is 0 Å². The largest absolute Gasteiger partial charge is 0.359 e. The second-order valence-electron chi connectivity index (χ2n) is 6.21. The van der Waals surface area contributed by atoms with Gasteiger partial charge in [-0.2, -0.15) is 5.10 Å². The van der Waals surface area contributed by atoms with Crippen LogP contribution < -0.4 is 10.0 Å². The van der Waals surface area contributed by atoms with Gasteiger partial charge < -0.3 is 5.32 Å². The van der Waals surface area contributed by atoms with Crippen molar-refractivity contribution in [3.8, 4) is 11.3 Å². The van der Waals surface area contributed by atoms with Crippen molar-refractivity contribution in [2.75, 3.05) is 16.3 Å². The zero-order valence-corrected chi connectivity index (χ0v) is 14.7. The van der Waals surface area contributed by atoms with E-state index in [-0.39, 0.29) is 6.17 Å². The Morgan fingerprint density at radius 2 is 1.92 bits per heavy atom. The Bertz CT molecular complexity index is 1060. The molecule has 0 spiro atoms. The lowest BCUT2D eigenvalue weighted by molar-refractivity contribution is 0.571. The molecule has 3 aromatic rings. The summed E-state index contributed by atoms with van der Waals surface area (Å²) >= 11 is 0. The smallest absolute Gasteiger partial charge is 0.229 e. The zero-order valence-electron chi connectivity index (χ0n) is 13.9. The second-order valence-corrected chi connectivity index (χ2v) is 7.96. The van der Waals surface area contributed by atoms with Gasteiger partial charge in [0.2, 0.25) is 10.0 Å². The molecule has 0 bridgehead atoms. The van der Waals surface area contributed by atoms with Gasteiger partial charge in [-0.05, 0) is 36.8 Å². The van der Waals surface area contributed by atoms with Crippen molar-refractivity contribution in [1.29, 1.82) is 0 Å². The second kappa shape index (κ2) is 5.63. The molecule has 0 aliphatic carbocycles. The lowest BCUT2D eigenvalue weighted by atomic mass is 10.0. The molecule has 2 heterocycles. The fraction of sp³-hybridized carbons (Fsp3) is 0.167. The molecular formula is C18H18N4O2S. The van der Waals surface area contributed by atoms with E-state index in [0.717, 1.165) is 34.5 Å². The average Bonchev–Trinajstić information content (AvgIpc) is 2.94. The lowest BCUT2D eigenvalue weighted by Crippen LogP contribution is -2.25. The standard InChI is InChI=1S/C18H18N4O2S/c1-12-10-17-15-8-3-4-9-16(15)19-18(22(17)20-12)13-6-5-7-14(11-13)21-25(2,23)24/h3-11,18-19,21H,1-2H3. The van der Waals surface area contributed by atoms with Gasteiger partial charge in [0.15, 0.2) is 0 Å². The molecule has 1 unspecified atom stereocenters. The van der Waals surface area contributed by atoms with E-state index in [0.29, 0.717) is 5.69 Å². The molecule has 1 atom stereocenters. The SMILES string of the molecule is Cc1cc2n(n1)C(c1cccc(NS(C)(=O)=O)c1)Nc1ccccc1-2. The number of anilines is 2. The van der Waals surface area contributed by atoms with Crippen LogP contribution in [0.15, 0.2) is 54.6 Å². The van der Waals surface area contributed by atoms with Gasteiger partial charge in [0.05, 0.1) is 17.6 Å². The van der Waals surface area contributed by atoms with Crippen LogP contribution in [-0.4, -0.2) is 24.5 Å². The lowest BCUT2D eigenvalue weighted by Gasteiger charge is -2.29. The Hall–Kier alpha value is -2.80. The maximum Gasteiger partial charge on any atom is 0.229 e. The molecule has 0 amide bonds. The number of aromatic nitrogens is 2. The number of benzene rings is 2. The molecule has 4 rings (SSSR count). The number of fused-ring (bicyclic) bond motifs is 3. The summed E-state index contributed by atoms with van der Waals surface area (Å²) in [4.78, 5) is 0. The molecule has 0 radical (unpaired) electrons. The maximum absolute atomic E-state index is 11.5. The summed E-state index contributed by atoms with van der Waals surface area (Å²) < 4.78 is 27.5. The molecule has 2 aromatic carbocycles. The van der Waals surface area contributed by atoms with E-state index in [4.69, 9.17) is 0 Å². The minimum absolute atomic E-state index is 0.208. The van der Waals surface area contributed by atoms with Crippen LogP contribution in [0.3, 0.4) is 0 Å². The van der Waals surface area contributed by atoms with E-state index in [1.807, 2.05) is 48.0 Å². The third-order valence-corrected chi connectivity index (χ3v) is 4.71. The van der Waals surface area contributed by atoms with Gasteiger partial charge in [0.1, 0.15) is 6.17 Å². The Morgan fingerprint density at radius 3 is 2.72 bits per heavy atom. The van der Waals surface area contributed by atoms with Gasteiger partial charge in [-0.3, -0.25) is 4.72 Å². The minimum atomic E-state index is -3.32. The summed E-state index contributed by atoms with van der Waals surface area (Å²) in [6.45, 7) is 1.96. The van der Waals surface area contributed by atoms with E-state index >= 15 is 0 Å². The first-order valence-electron chi connectivity index (χ1n) is 7.90. The summed E-state index contributed by atoms with van der Waals surface area (Å²) in [5.41, 5.74) is 5.56. The maximum atomic E-state index is 11.5. The summed E-state index contributed by atoms with van der Waals surface area (Å²) in [5.74, 6) is 0. The number of aryl methyl sites for hydroxylation is 1. The molecule has 6 nitrogen and oxygen atoms in total. The number of sulfonamides is 1. The van der Waals surface area contributed by atoms with Gasteiger partial charge in [-0.25, -0.2) is 13.1 Å². The van der Waals surface area contributed by atoms with Crippen LogP contribution in [0.2, 0.25) is 0 Å². The van der Waals surface area contributed by atoms with Gasteiger partial charge >= 0.3 is 0 Å². The van der Waals surface area contributed by atoms with Crippen LogP contribution in [-0.2, 0) is 10.0 Å². The van der Waals surface area contributed by atoms with E-state index in [2.05, 4.69) is 27.3 Å². The van der Waals surface area contributed by atoms with E-state index in [1.54, 1.807) is 6.07 Å². The van der Waals surface area contributed by atoms with Gasteiger partial charge in [-0.15, -0.1) is 0 Å². The van der Waals surface area contributed by atoms with E-state index in [9.17, 15) is 8.42 Å². The van der Waals surface area contributed by atoms with E-state index < -0.39 is 10.0 Å². The number of rotatable bonds is 3. The van der Waals surface area contributed by atoms with Crippen molar-refractivity contribution >= 4 is 21.4 Å². The number of nitrogens with one attached hydrogen (secondary N) is 2. The van der Waals surface area contributed by atoms with Crippen LogP contribution >= 0.6 is 0 Å². The quantitative estimate of drug-likeness (QED) is 0.757. The molecule has 1 aromatic heterocycles. The summed E-state index contributed by atoms with van der Waals surface area (Å²) in [7, 11) is -3.32. The Labute approximate surface area is 146 Å². The van der Waals surface area contributed by atoms with Crippen LogP contribution in [0, 0.1) is 6.92 Å². The first kappa shape index (κ1) is 15.7. The molecule has 7 heteroatoms. The summed E-state index contributed by atoms with van der Waals surface area (Å²) in [6, 6.07) is 17.5. The van der Waals surface area contributed by atoms with Crippen LogP contribution in [0.4, 0.5) is 11.4 Å². The third kappa shape index (κ3) is 2.98. The van der Waals surface area contributed by atoms with Gasteiger partial charge in [-0.1, -0.05) is 30.3 Å². The van der Waals surface area contributed by atoms with Crippen molar-refractivity contribution in [2.45, 2.75) is 13.1 Å². The van der Waals surface area contributed by atoms with Crippen molar-refractivity contribution in [3.05, 3.63) is 65.9 Å². The Morgan fingerprint density at radius 1 is 1.12 bits per heavy atom. The molecule has 2 N–H and O–H groups in total. The summed E-state index contributed by atoms with van der Waals surface area (Å²) in [6.07, 6.45) is 0.934. The monoisotopic (exact) mass is 354 g/mol. The van der Waals surface area contributed by atoms with Crippen molar-refractivity contribution < 1.29 is 8.42 Å². The van der Waals surface area contributed by atoms with Crippen molar-refractivity contribution in [3.63, 3.8) is 0 Å². The number of hydrogen-bond donors (Lipinski definition) is 2. The highest BCUT2D eigenvalue weighted by atomic mass is 32.2. The number of para-hydroxylation sites is 1. The first-order valence-corrected chi connectivity index (χ1v) is 9.80. The Kier molecular flexibility index (Phi) is 3.54. The highest BCUT2D eigenvalue weighted by Crippen LogP contribution is 2.38. The van der Waals surface area contributed by atoms with E-state index in [1.165, 1.54) is 0 Å². The average molecular weight is 354 g/mol. The fourth-order valence-electron chi connectivity index (χ4n) is 3.17. The predicted octanol–water partition coefficient (Wildman–Crippen LogP) is 3.20. The molecule has 1 aliphatic heterocycles. The molecule has 1 aliphatic rings. The molecular weight excluding hydrogens is 336 g/mol. The molecule has 128 valence electrons. The van der Waals surface area contributed by atoms with Crippen LogP contribution in [0.25, 0.3) is 11.3 Å². The minimum Gasteiger partial charge on any atom is -0.359 e. The molecule has 0 fully saturated rings. The molecule has 25 heavy (non-hydrogen) atoms. The third-order valence-electron chi connectivity index (χ3n) is 4.10. The van der Waals surface area contributed by atoms with Crippen molar-refractivity contribution in [1.82, 2.24) is 9.78 Å². The molecule has 0 saturated carbocycles. The summed E-state index contributed by atoms with van der Waals surface area (Å²) in [5, 5.41) is 8.12. The zero-order chi connectivity index (χ0) is 17.6. The van der Waals surface area contributed by atoms with Crippen LogP contribution in [0.1, 0.15) is 17.4 Å². The highest BCUT2D eigenvalue weighted by Gasteiger charge is 2.26. The van der Waals surface area contributed by atoms with Crippen molar-refractivity contribution in [2.24, 2.45) is 0 Å². The highest BCUT2D eigenvalue weighted by molar-refractivity contribution is 7.92. The predicted molar refractivity (Wildman–Crippen MR) is 99.1 cm³/mol. The number of hydrogen-bond acceptors (Lipinski definition) is 4. The normalized spacial score (nSPS) is 15.8. The Balaban J connectivity index is 1.81. The van der Waals surface area contributed by atoms with Gasteiger partial charge in [0, 0.05) is 16.9 Å². The first-order chi connectivity index (χ1) is 11.9. The number of nitrogens with zero attached hydrogens (tertiary/aromatic N) is 2. The topological polar surface area (TPSA) is 76.0 Å². The fourth-order valence-corrected chi connectivity index (χ4v) is 3.72. The van der Waals surface area contributed by atoms with Crippen LogP contribution in [0.5, 0.6) is 0 Å². The molecule has 0 saturated heterocycles.